The largest absolute Gasteiger partial charge is 0.212 e. The van der Waals surface area contributed by atoms with Crippen molar-refractivity contribution in [3.63, 3.8) is 0 Å². The van der Waals surface area contributed by atoms with Crippen molar-refractivity contribution >= 4 is 0 Å². The van der Waals surface area contributed by atoms with E-state index in [1.54, 1.807) is 6.08 Å². The van der Waals surface area contributed by atoms with Crippen LogP contribution in [0.1, 0.15) is 32.1 Å². The predicted octanol–water partition coefficient (Wildman–Crippen LogP) is 3.67. The fourth-order valence-electron chi connectivity index (χ4n) is 1.84. The van der Waals surface area contributed by atoms with Gasteiger partial charge >= 0.3 is 0 Å². The van der Waals surface area contributed by atoms with Crippen molar-refractivity contribution in [3.05, 3.63) is 35.2 Å². The van der Waals surface area contributed by atoms with Crippen LogP contribution in [0.4, 0.5) is 4.39 Å². The molecule has 0 N–H and O–H groups in total. The van der Waals surface area contributed by atoms with Crippen molar-refractivity contribution in [3.8, 4) is 0 Å². The molecule has 0 radical (unpaired) electrons. The Bertz CT molecular complexity index is 269. The molecule has 0 aromatic rings. The molecule has 0 fully saturated rings. The molecule has 0 bridgehead atoms. The SMILES string of the molecule is FC1=CC=C(C2=CCCC2)CC1. The van der Waals surface area contributed by atoms with E-state index in [9.17, 15) is 4.39 Å². The minimum absolute atomic E-state index is 0.0253. The molecule has 0 unspecified atom stereocenters. The van der Waals surface area contributed by atoms with E-state index < -0.39 is 0 Å². The fourth-order valence-corrected chi connectivity index (χ4v) is 1.84. The summed E-state index contributed by atoms with van der Waals surface area (Å²) in [6, 6.07) is 0. The maximum absolute atomic E-state index is 12.6. The van der Waals surface area contributed by atoms with Crippen LogP contribution >= 0.6 is 0 Å². The number of allylic oxidation sites excluding steroid dienone is 6. The summed E-state index contributed by atoms with van der Waals surface area (Å²) < 4.78 is 12.6. The van der Waals surface area contributed by atoms with Gasteiger partial charge in [0.1, 0.15) is 5.83 Å². The van der Waals surface area contributed by atoms with E-state index in [1.807, 2.05) is 6.08 Å². The molecule has 1 heteroatoms. The standard InChI is InChI=1S/C11H13F/c12-11-7-5-10(6-8-11)9-3-1-2-4-9/h3,5,7H,1-2,4,6,8H2. The topological polar surface area (TPSA) is 0 Å². The number of rotatable bonds is 1. The molecule has 0 aliphatic heterocycles. The summed E-state index contributed by atoms with van der Waals surface area (Å²) in [5, 5.41) is 0. The molecule has 2 rings (SSSR count). The van der Waals surface area contributed by atoms with Gasteiger partial charge < -0.3 is 0 Å². The molecule has 0 spiro atoms. The highest BCUT2D eigenvalue weighted by atomic mass is 19.1. The molecule has 0 atom stereocenters. The summed E-state index contributed by atoms with van der Waals surface area (Å²) in [5.41, 5.74) is 2.81. The molecule has 64 valence electrons. The number of hydrogen-bond donors (Lipinski definition) is 0. The first kappa shape index (κ1) is 7.78. The Hall–Kier alpha value is -0.850. The predicted molar refractivity (Wildman–Crippen MR) is 48.4 cm³/mol. The van der Waals surface area contributed by atoms with Gasteiger partial charge in [-0.2, -0.15) is 0 Å². The normalized spacial score (nSPS) is 23.2. The Morgan fingerprint density at radius 1 is 1.00 bits per heavy atom. The van der Waals surface area contributed by atoms with E-state index in [1.165, 1.54) is 30.4 Å². The molecular formula is C11H13F. The van der Waals surface area contributed by atoms with Crippen LogP contribution in [0.2, 0.25) is 0 Å². The zero-order chi connectivity index (χ0) is 8.39. The monoisotopic (exact) mass is 164 g/mol. The number of hydrogen-bond acceptors (Lipinski definition) is 0. The average Bonchev–Trinajstić information content (AvgIpc) is 2.58. The van der Waals surface area contributed by atoms with Crippen molar-refractivity contribution in [2.45, 2.75) is 32.1 Å². The van der Waals surface area contributed by atoms with Crippen molar-refractivity contribution in [1.29, 1.82) is 0 Å². The second-order valence-corrected chi connectivity index (χ2v) is 3.43. The van der Waals surface area contributed by atoms with Gasteiger partial charge in [-0.1, -0.05) is 12.2 Å². The second kappa shape index (κ2) is 3.26. The van der Waals surface area contributed by atoms with E-state index in [2.05, 4.69) is 6.08 Å². The first-order valence-electron chi connectivity index (χ1n) is 4.61. The van der Waals surface area contributed by atoms with Gasteiger partial charge in [0.2, 0.25) is 0 Å². The van der Waals surface area contributed by atoms with Crippen LogP contribution in [0, 0.1) is 0 Å². The lowest BCUT2D eigenvalue weighted by Crippen LogP contribution is -1.92. The lowest BCUT2D eigenvalue weighted by Gasteiger charge is -2.10. The molecule has 0 heterocycles. The Kier molecular flexibility index (Phi) is 2.11. The molecule has 0 nitrogen and oxygen atoms in total. The van der Waals surface area contributed by atoms with E-state index in [4.69, 9.17) is 0 Å². The first-order valence-corrected chi connectivity index (χ1v) is 4.61. The second-order valence-electron chi connectivity index (χ2n) is 3.43. The lowest BCUT2D eigenvalue weighted by atomic mass is 9.96. The van der Waals surface area contributed by atoms with Gasteiger partial charge in [-0.25, -0.2) is 4.39 Å². The van der Waals surface area contributed by atoms with Gasteiger partial charge in [0, 0.05) is 6.42 Å². The highest BCUT2D eigenvalue weighted by Crippen LogP contribution is 2.31. The molecule has 2 aliphatic rings. The molecule has 0 aromatic heterocycles. The molecule has 0 amide bonds. The van der Waals surface area contributed by atoms with Gasteiger partial charge in [-0.05, 0) is 42.9 Å². The van der Waals surface area contributed by atoms with E-state index >= 15 is 0 Å². The molecule has 0 aromatic carbocycles. The molecule has 0 saturated carbocycles. The molecule has 0 saturated heterocycles. The van der Waals surface area contributed by atoms with Gasteiger partial charge in [0.15, 0.2) is 0 Å². The summed E-state index contributed by atoms with van der Waals surface area (Å²) in [6.45, 7) is 0. The third-order valence-corrected chi connectivity index (χ3v) is 2.55. The van der Waals surface area contributed by atoms with Crippen LogP contribution in [-0.4, -0.2) is 0 Å². The van der Waals surface area contributed by atoms with Crippen LogP contribution < -0.4 is 0 Å². The van der Waals surface area contributed by atoms with Crippen molar-refractivity contribution in [1.82, 2.24) is 0 Å². The molecular weight excluding hydrogens is 151 g/mol. The Labute approximate surface area is 72.5 Å². The van der Waals surface area contributed by atoms with Gasteiger partial charge in [-0.15, -0.1) is 0 Å². The van der Waals surface area contributed by atoms with Crippen molar-refractivity contribution in [2.75, 3.05) is 0 Å². The quantitative estimate of drug-likeness (QED) is 0.554. The molecule has 2 aliphatic carbocycles. The van der Waals surface area contributed by atoms with Crippen LogP contribution in [0.15, 0.2) is 35.2 Å². The van der Waals surface area contributed by atoms with Crippen LogP contribution in [0.3, 0.4) is 0 Å². The van der Waals surface area contributed by atoms with Crippen LogP contribution in [0.25, 0.3) is 0 Å². The van der Waals surface area contributed by atoms with E-state index in [0.29, 0.717) is 6.42 Å². The van der Waals surface area contributed by atoms with E-state index in [-0.39, 0.29) is 5.83 Å². The van der Waals surface area contributed by atoms with Gasteiger partial charge in [0.05, 0.1) is 0 Å². The summed E-state index contributed by atoms with van der Waals surface area (Å²) in [7, 11) is 0. The van der Waals surface area contributed by atoms with Crippen molar-refractivity contribution in [2.24, 2.45) is 0 Å². The zero-order valence-corrected chi connectivity index (χ0v) is 7.15. The first-order chi connectivity index (χ1) is 5.86. The van der Waals surface area contributed by atoms with Crippen LogP contribution in [-0.2, 0) is 0 Å². The Morgan fingerprint density at radius 2 is 1.92 bits per heavy atom. The highest BCUT2D eigenvalue weighted by Gasteiger charge is 2.12. The fraction of sp³-hybridized carbons (Fsp3) is 0.455. The maximum atomic E-state index is 12.6. The third-order valence-electron chi connectivity index (χ3n) is 2.55. The Balaban J connectivity index is 2.14. The minimum Gasteiger partial charge on any atom is -0.212 e. The summed E-state index contributed by atoms with van der Waals surface area (Å²) in [4.78, 5) is 0. The summed E-state index contributed by atoms with van der Waals surface area (Å²) >= 11 is 0. The summed E-state index contributed by atoms with van der Waals surface area (Å²) in [6.07, 6.45) is 11.0. The minimum atomic E-state index is 0.0253. The Morgan fingerprint density at radius 3 is 2.50 bits per heavy atom. The number of halogens is 1. The molecule has 12 heavy (non-hydrogen) atoms. The average molecular weight is 164 g/mol. The van der Waals surface area contributed by atoms with Gasteiger partial charge in [0.25, 0.3) is 0 Å². The highest BCUT2D eigenvalue weighted by molar-refractivity contribution is 5.38. The third kappa shape index (κ3) is 1.50. The maximum Gasteiger partial charge on any atom is 0.100 e. The van der Waals surface area contributed by atoms with Crippen molar-refractivity contribution < 1.29 is 4.39 Å². The van der Waals surface area contributed by atoms with E-state index in [0.717, 1.165) is 6.42 Å². The zero-order valence-electron chi connectivity index (χ0n) is 7.15. The summed E-state index contributed by atoms with van der Waals surface area (Å²) in [5.74, 6) is 0.0253. The van der Waals surface area contributed by atoms with Crippen LogP contribution in [0.5, 0.6) is 0 Å². The van der Waals surface area contributed by atoms with Gasteiger partial charge in [-0.3, -0.25) is 0 Å². The lowest BCUT2D eigenvalue weighted by molar-refractivity contribution is 0.582. The smallest absolute Gasteiger partial charge is 0.100 e.